The van der Waals surface area contributed by atoms with Gasteiger partial charge in [0.1, 0.15) is 17.2 Å². The van der Waals surface area contributed by atoms with Gasteiger partial charge < -0.3 is 26.2 Å². The Kier molecular flexibility index (Phi) is 5.71. The van der Waals surface area contributed by atoms with Gasteiger partial charge in [0.15, 0.2) is 5.65 Å². The Bertz CT molecular complexity index is 1470. The fourth-order valence-electron chi connectivity index (χ4n) is 5.10. The molecule has 6 rings (SSSR count). The summed E-state index contributed by atoms with van der Waals surface area (Å²) in [5.74, 6) is 1.93. The van der Waals surface area contributed by atoms with Gasteiger partial charge in [-0.2, -0.15) is 0 Å². The van der Waals surface area contributed by atoms with Gasteiger partial charge in [0.2, 0.25) is 5.95 Å². The van der Waals surface area contributed by atoms with Crippen molar-refractivity contribution in [3.8, 4) is 5.75 Å². The van der Waals surface area contributed by atoms with Crippen LogP contribution in [0, 0.1) is 6.92 Å². The van der Waals surface area contributed by atoms with Gasteiger partial charge in [-0.25, -0.2) is 15.0 Å². The second-order valence-electron chi connectivity index (χ2n) is 9.19. The zero-order valence-corrected chi connectivity index (χ0v) is 21.3. The standard InChI is InChI=1S/C25H26ClN7O2S/c1-14-20(36-18-6-9-29-22(28)19(18)26)23-31-15(13-34)12-33(23)24(30-14)32-10-7-25(8-11-32)21(27)16-4-2-3-5-17(16)35-25/h2-6,9,12,21,34H,7-8,10-11,13,27H2,1H3,(H2,28,29). The Hall–Kier alpha value is -3.05. The highest BCUT2D eigenvalue weighted by Gasteiger charge is 2.48. The summed E-state index contributed by atoms with van der Waals surface area (Å²) in [6.45, 7) is 3.25. The summed E-state index contributed by atoms with van der Waals surface area (Å²) >= 11 is 7.85. The van der Waals surface area contributed by atoms with Crippen LogP contribution in [-0.2, 0) is 6.61 Å². The highest BCUT2D eigenvalue weighted by atomic mass is 35.5. The molecule has 0 aliphatic carbocycles. The predicted molar refractivity (Wildman–Crippen MR) is 140 cm³/mol. The van der Waals surface area contributed by atoms with E-state index < -0.39 is 5.60 Å². The molecule has 1 spiro atoms. The average Bonchev–Trinajstić information content (AvgIpc) is 3.43. The minimum atomic E-state index is -0.409. The number of para-hydroxylation sites is 1. The van der Waals surface area contributed by atoms with E-state index in [1.54, 1.807) is 6.20 Å². The maximum absolute atomic E-state index is 9.83. The third-order valence-electron chi connectivity index (χ3n) is 7.05. The highest BCUT2D eigenvalue weighted by Crippen LogP contribution is 2.47. The number of rotatable bonds is 4. The Morgan fingerprint density at radius 3 is 2.75 bits per heavy atom. The minimum Gasteiger partial charge on any atom is -0.485 e. The summed E-state index contributed by atoms with van der Waals surface area (Å²) in [4.78, 5) is 17.6. The fraction of sp³-hybridized carbons (Fsp3) is 0.320. The third kappa shape index (κ3) is 3.67. The van der Waals surface area contributed by atoms with Crippen LogP contribution in [0.4, 0.5) is 11.8 Å². The lowest BCUT2D eigenvalue weighted by Gasteiger charge is -2.41. The normalized spacial score (nSPS) is 18.6. The van der Waals surface area contributed by atoms with Gasteiger partial charge in [-0.05, 0) is 19.1 Å². The van der Waals surface area contributed by atoms with Gasteiger partial charge in [0.05, 0.1) is 34.0 Å². The zero-order valence-electron chi connectivity index (χ0n) is 19.7. The third-order valence-corrected chi connectivity index (χ3v) is 8.80. The van der Waals surface area contributed by atoms with Crippen LogP contribution < -0.4 is 21.1 Å². The number of hydrogen-bond donors (Lipinski definition) is 3. The molecule has 0 bridgehead atoms. The maximum atomic E-state index is 9.83. The number of aliphatic hydroxyl groups is 1. The Morgan fingerprint density at radius 1 is 1.22 bits per heavy atom. The van der Waals surface area contributed by atoms with E-state index >= 15 is 0 Å². The van der Waals surface area contributed by atoms with Crippen molar-refractivity contribution in [2.24, 2.45) is 5.73 Å². The topological polar surface area (TPSA) is 128 Å². The number of nitrogens with two attached hydrogens (primary N) is 2. The molecule has 1 unspecified atom stereocenters. The van der Waals surface area contributed by atoms with Gasteiger partial charge in [-0.1, -0.05) is 41.6 Å². The number of aryl methyl sites for hydroxylation is 1. The quantitative estimate of drug-likeness (QED) is 0.366. The molecule has 0 radical (unpaired) electrons. The van der Waals surface area contributed by atoms with E-state index in [1.165, 1.54) is 11.8 Å². The predicted octanol–water partition coefficient (Wildman–Crippen LogP) is 3.74. The van der Waals surface area contributed by atoms with E-state index in [2.05, 4.69) is 16.0 Å². The van der Waals surface area contributed by atoms with Crippen LogP contribution >= 0.6 is 23.4 Å². The number of halogens is 1. The first-order valence-corrected chi connectivity index (χ1v) is 13.0. The zero-order chi connectivity index (χ0) is 25.0. The molecule has 1 atom stereocenters. The number of nitrogen functional groups attached to an aromatic ring is 1. The monoisotopic (exact) mass is 523 g/mol. The SMILES string of the molecule is Cc1nc(N2CCC3(CC2)Oc2ccccc2C3N)n2cc(CO)nc2c1Sc1ccnc(N)c1Cl. The van der Waals surface area contributed by atoms with Crippen LogP contribution in [0.25, 0.3) is 5.65 Å². The van der Waals surface area contributed by atoms with Crippen molar-refractivity contribution in [1.82, 2.24) is 19.4 Å². The summed E-state index contributed by atoms with van der Waals surface area (Å²) in [6.07, 6.45) is 5.01. The molecule has 3 aromatic heterocycles. The van der Waals surface area contributed by atoms with Gasteiger partial charge in [-0.3, -0.25) is 4.40 Å². The number of imidazole rings is 1. The van der Waals surface area contributed by atoms with Crippen LogP contribution in [0.1, 0.15) is 35.8 Å². The van der Waals surface area contributed by atoms with E-state index in [4.69, 9.17) is 37.8 Å². The first-order valence-electron chi connectivity index (χ1n) is 11.8. The van der Waals surface area contributed by atoms with Crippen molar-refractivity contribution in [3.63, 3.8) is 0 Å². The number of benzene rings is 1. The van der Waals surface area contributed by atoms with Crippen molar-refractivity contribution in [2.45, 2.75) is 47.8 Å². The average molecular weight is 524 g/mol. The Labute approximate surface area is 217 Å². The highest BCUT2D eigenvalue weighted by molar-refractivity contribution is 7.99. The van der Waals surface area contributed by atoms with E-state index in [1.807, 2.05) is 41.8 Å². The molecule has 36 heavy (non-hydrogen) atoms. The number of ether oxygens (including phenoxy) is 1. The van der Waals surface area contributed by atoms with Gasteiger partial charge in [0.25, 0.3) is 0 Å². The molecule has 2 aliphatic heterocycles. The Morgan fingerprint density at radius 2 is 2.00 bits per heavy atom. The van der Waals surface area contributed by atoms with Crippen molar-refractivity contribution < 1.29 is 9.84 Å². The largest absolute Gasteiger partial charge is 0.485 e. The van der Waals surface area contributed by atoms with Crippen LogP contribution in [0.5, 0.6) is 5.75 Å². The first-order chi connectivity index (χ1) is 17.4. The van der Waals surface area contributed by atoms with Gasteiger partial charge in [0, 0.05) is 48.8 Å². The Balaban J connectivity index is 1.33. The van der Waals surface area contributed by atoms with Crippen LogP contribution in [0.15, 0.2) is 52.5 Å². The van der Waals surface area contributed by atoms with Crippen molar-refractivity contribution in [3.05, 3.63) is 64.7 Å². The van der Waals surface area contributed by atoms with E-state index in [0.29, 0.717) is 16.4 Å². The van der Waals surface area contributed by atoms with E-state index in [0.717, 1.165) is 58.7 Å². The molecule has 0 saturated carbocycles. The molecule has 5 heterocycles. The maximum Gasteiger partial charge on any atom is 0.211 e. The molecule has 5 N–H and O–H groups in total. The molecule has 0 amide bonds. The van der Waals surface area contributed by atoms with Gasteiger partial charge in [-0.15, -0.1) is 0 Å². The number of piperidine rings is 1. The number of nitrogens with zero attached hydrogens (tertiary/aromatic N) is 5. The number of fused-ring (bicyclic) bond motifs is 2. The molecule has 1 aromatic carbocycles. The molecule has 9 nitrogen and oxygen atoms in total. The number of pyridine rings is 1. The summed E-state index contributed by atoms with van der Waals surface area (Å²) in [7, 11) is 0. The smallest absolute Gasteiger partial charge is 0.211 e. The van der Waals surface area contributed by atoms with Crippen LogP contribution in [0.3, 0.4) is 0 Å². The summed E-state index contributed by atoms with van der Waals surface area (Å²) in [6, 6.07) is 9.69. The summed E-state index contributed by atoms with van der Waals surface area (Å²) < 4.78 is 8.36. The fourth-order valence-corrected chi connectivity index (χ4v) is 6.30. The van der Waals surface area contributed by atoms with Crippen molar-refractivity contribution >= 4 is 40.8 Å². The van der Waals surface area contributed by atoms with Crippen molar-refractivity contribution in [2.75, 3.05) is 23.7 Å². The molecule has 4 aromatic rings. The first kappa shape index (κ1) is 23.4. The molecule has 11 heteroatoms. The van der Waals surface area contributed by atoms with Crippen LogP contribution in [0.2, 0.25) is 5.02 Å². The molecule has 1 fully saturated rings. The molecule has 1 saturated heterocycles. The molecular formula is C25H26ClN7O2S. The lowest BCUT2D eigenvalue weighted by Crippen LogP contribution is -2.52. The molecule has 186 valence electrons. The second kappa shape index (κ2) is 8.81. The van der Waals surface area contributed by atoms with E-state index in [-0.39, 0.29) is 18.5 Å². The summed E-state index contributed by atoms with van der Waals surface area (Å²) in [5, 5.41) is 10.2. The number of aliphatic hydroxyl groups excluding tert-OH is 1. The molecule has 2 aliphatic rings. The van der Waals surface area contributed by atoms with E-state index in [9.17, 15) is 5.11 Å². The minimum absolute atomic E-state index is 0.156. The van der Waals surface area contributed by atoms with Gasteiger partial charge >= 0.3 is 0 Å². The number of hydrogen-bond acceptors (Lipinski definition) is 9. The molecular weight excluding hydrogens is 498 g/mol. The second-order valence-corrected chi connectivity index (χ2v) is 10.6. The summed E-state index contributed by atoms with van der Waals surface area (Å²) in [5.41, 5.74) is 15.3. The number of anilines is 2. The number of aromatic nitrogens is 4. The lowest BCUT2D eigenvalue weighted by molar-refractivity contribution is 0.0429. The lowest BCUT2D eigenvalue weighted by atomic mass is 9.83. The van der Waals surface area contributed by atoms with Crippen LogP contribution in [-0.4, -0.2) is 43.1 Å². The van der Waals surface area contributed by atoms with Crippen molar-refractivity contribution in [1.29, 1.82) is 0 Å².